The molecular formula is C20H21N5O3. The molecule has 4 rings (SSSR count). The van der Waals surface area contributed by atoms with E-state index in [2.05, 4.69) is 15.1 Å². The van der Waals surface area contributed by atoms with Crippen molar-refractivity contribution in [3.8, 4) is 0 Å². The summed E-state index contributed by atoms with van der Waals surface area (Å²) in [6, 6.07) is 9.64. The molecular weight excluding hydrogens is 358 g/mol. The predicted octanol–water partition coefficient (Wildman–Crippen LogP) is 2.27. The van der Waals surface area contributed by atoms with Crippen LogP contribution in [0, 0.1) is 13.8 Å². The fourth-order valence-electron chi connectivity index (χ4n) is 3.50. The van der Waals surface area contributed by atoms with E-state index in [0.29, 0.717) is 12.3 Å². The first-order valence-corrected chi connectivity index (χ1v) is 9.25. The summed E-state index contributed by atoms with van der Waals surface area (Å²) in [5.41, 5.74) is 3.59. The first kappa shape index (κ1) is 18.1. The average molecular weight is 379 g/mol. The third-order valence-corrected chi connectivity index (χ3v) is 4.81. The number of aryl methyl sites for hydroxylation is 3. The Kier molecular flexibility index (Phi) is 4.54. The van der Waals surface area contributed by atoms with E-state index in [9.17, 15) is 9.59 Å². The number of aromatic nitrogens is 4. The normalized spacial score (nSPS) is 14.6. The van der Waals surface area contributed by atoms with E-state index >= 15 is 0 Å². The number of carbonyl (C=O) groups excluding carboxylic acids is 2. The number of anilines is 1. The van der Waals surface area contributed by atoms with Crippen LogP contribution in [0.2, 0.25) is 0 Å². The zero-order valence-electron chi connectivity index (χ0n) is 16.0. The molecule has 3 heterocycles. The van der Waals surface area contributed by atoms with Crippen molar-refractivity contribution in [2.75, 3.05) is 11.4 Å². The predicted molar refractivity (Wildman–Crippen MR) is 102 cm³/mol. The van der Waals surface area contributed by atoms with Crippen LogP contribution in [0.1, 0.15) is 40.9 Å². The Hall–Kier alpha value is -3.29. The second kappa shape index (κ2) is 7.03. The zero-order valence-corrected chi connectivity index (χ0v) is 16.0. The minimum Gasteiger partial charge on any atom is -0.447 e. The quantitative estimate of drug-likeness (QED) is 0.649. The number of carbonyl (C=O) groups is 2. The van der Waals surface area contributed by atoms with Gasteiger partial charge in [0.2, 0.25) is 0 Å². The van der Waals surface area contributed by atoms with Gasteiger partial charge in [-0.15, -0.1) is 5.10 Å². The summed E-state index contributed by atoms with van der Waals surface area (Å²) < 4.78 is 6.85. The number of benzene rings is 1. The summed E-state index contributed by atoms with van der Waals surface area (Å²) in [4.78, 5) is 35.5. The Morgan fingerprint density at radius 2 is 1.96 bits per heavy atom. The molecule has 0 spiro atoms. The number of nitrogens with zero attached hydrogens (tertiary/aromatic N) is 5. The van der Waals surface area contributed by atoms with Gasteiger partial charge in [-0.3, -0.25) is 4.79 Å². The molecule has 0 radical (unpaired) electrons. The van der Waals surface area contributed by atoms with Gasteiger partial charge < -0.3 is 9.64 Å². The molecule has 0 aliphatic carbocycles. The van der Waals surface area contributed by atoms with Crippen LogP contribution in [0.25, 0.3) is 5.78 Å². The summed E-state index contributed by atoms with van der Waals surface area (Å²) in [6.07, 6.45) is 0.869. The molecule has 3 aromatic rings. The van der Waals surface area contributed by atoms with E-state index in [-0.39, 0.29) is 11.7 Å². The molecule has 0 unspecified atom stereocenters. The maximum atomic E-state index is 12.9. The van der Waals surface area contributed by atoms with Crippen molar-refractivity contribution in [3.05, 3.63) is 53.1 Å². The number of para-hydroxylation sites is 1. The molecule has 144 valence electrons. The van der Waals surface area contributed by atoms with Gasteiger partial charge in [0.15, 0.2) is 6.10 Å². The second-order valence-corrected chi connectivity index (χ2v) is 6.96. The number of hydrogen-bond acceptors (Lipinski definition) is 6. The highest BCUT2D eigenvalue weighted by atomic mass is 16.5. The van der Waals surface area contributed by atoms with E-state index in [1.165, 1.54) is 4.52 Å². The fourth-order valence-corrected chi connectivity index (χ4v) is 3.50. The van der Waals surface area contributed by atoms with Crippen molar-refractivity contribution in [2.45, 2.75) is 39.7 Å². The number of hydrogen-bond donors (Lipinski definition) is 0. The number of esters is 1. The Morgan fingerprint density at radius 1 is 1.18 bits per heavy atom. The molecule has 28 heavy (non-hydrogen) atoms. The van der Waals surface area contributed by atoms with Crippen molar-refractivity contribution in [3.63, 3.8) is 0 Å². The third-order valence-electron chi connectivity index (χ3n) is 4.81. The van der Waals surface area contributed by atoms with Crippen LogP contribution >= 0.6 is 0 Å². The highest BCUT2D eigenvalue weighted by molar-refractivity contribution is 5.99. The molecule has 1 atom stereocenters. The molecule has 1 aliphatic rings. The highest BCUT2D eigenvalue weighted by Gasteiger charge is 2.29. The Balaban J connectivity index is 1.52. The van der Waals surface area contributed by atoms with Gasteiger partial charge in [-0.05, 0) is 51.3 Å². The van der Waals surface area contributed by atoms with Gasteiger partial charge in [-0.2, -0.15) is 4.98 Å². The van der Waals surface area contributed by atoms with Crippen molar-refractivity contribution >= 4 is 23.3 Å². The van der Waals surface area contributed by atoms with Crippen molar-refractivity contribution < 1.29 is 14.3 Å². The van der Waals surface area contributed by atoms with Gasteiger partial charge in [0, 0.05) is 23.6 Å². The molecule has 8 nitrogen and oxygen atoms in total. The van der Waals surface area contributed by atoms with E-state index in [1.54, 1.807) is 11.8 Å². The van der Waals surface area contributed by atoms with Crippen molar-refractivity contribution in [2.24, 2.45) is 0 Å². The van der Waals surface area contributed by atoms with Crippen LogP contribution in [0.3, 0.4) is 0 Å². The second-order valence-electron chi connectivity index (χ2n) is 6.96. The van der Waals surface area contributed by atoms with Gasteiger partial charge in [-0.25, -0.2) is 14.3 Å². The van der Waals surface area contributed by atoms with Gasteiger partial charge in [0.05, 0.1) is 0 Å². The van der Waals surface area contributed by atoms with Gasteiger partial charge in [0.25, 0.3) is 17.5 Å². The third kappa shape index (κ3) is 3.21. The lowest BCUT2D eigenvalue weighted by atomic mass is 10.0. The number of fused-ring (bicyclic) bond motifs is 2. The minimum atomic E-state index is -0.943. The van der Waals surface area contributed by atoms with Gasteiger partial charge in [0.1, 0.15) is 0 Å². The highest BCUT2D eigenvalue weighted by Crippen LogP contribution is 2.27. The summed E-state index contributed by atoms with van der Waals surface area (Å²) in [5, 5.41) is 4.16. The first-order valence-electron chi connectivity index (χ1n) is 9.25. The van der Waals surface area contributed by atoms with Crippen LogP contribution in [-0.2, 0) is 16.0 Å². The maximum Gasteiger partial charge on any atom is 0.379 e. The molecule has 1 aliphatic heterocycles. The topological polar surface area (TPSA) is 89.7 Å². The van der Waals surface area contributed by atoms with E-state index < -0.39 is 12.1 Å². The maximum absolute atomic E-state index is 12.9. The SMILES string of the molecule is Cc1cc(C)n2nc(C(=O)O[C@@H](C)C(=O)N3CCCc4ccccc43)nc2n1. The zero-order chi connectivity index (χ0) is 19.8. The lowest BCUT2D eigenvalue weighted by molar-refractivity contribution is -0.126. The molecule has 8 heteroatoms. The first-order chi connectivity index (χ1) is 13.4. The van der Waals surface area contributed by atoms with Gasteiger partial charge >= 0.3 is 5.97 Å². The number of amides is 1. The molecule has 1 aromatic carbocycles. The molecule has 0 saturated carbocycles. The lowest BCUT2D eigenvalue weighted by Crippen LogP contribution is -2.42. The molecule has 2 aromatic heterocycles. The number of rotatable bonds is 3. The van der Waals surface area contributed by atoms with Crippen LogP contribution in [-0.4, -0.2) is 44.1 Å². The molecule has 0 fully saturated rings. The smallest absolute Gasteiger partial charge is 0.379 e. The molecule has 1 amide bonds. The van der Waals surface area contributed by atoms with E-state index in [4.69, 9.17) is 4.74 Å². The molecule has 0 bridgehead atoms. The summed E-state index contributed by atoms with van der Waals surface area (Å²) >= 11 is 0. The average Bonchev–Trinajstić information content (AvgIpc) is 3.11. The van der Waals surface area contributed by atoms with Crippen LogP contribution < -0.4 is 4.90 Å². The van der Waals surface area contributed by atoms with Gasteiger partial charge in [-0.1, -0.05) is 18.2 Å². The van der Waals surface area contributed by atoms with Crippen molar-refractivity contribution in [1.82, 2.24) is 19.6 Å². The Labute approximate surface area is 162 Å². The van der Waals surface area contributed by atoms with E-state index in [0.717, 1.165) is 35.5 Å². The van der Waals surface area contributed by atoms with Crippen LogP contribution in [0.4, 0.5) is 5.69 Å². The lowest BCUT2D eigenvalue weighted by Gasteiger charge is -2.31. The Bertz CT molecular complexity index is 1070. The van der Waals surface area contributed by atoms with Crippen molar-refractivity contribution in [1.29, 1.82) is 0 Å². The molecule has 0 N–H and O–H groups in total. The minimum absolute atomic E-state index is 0.111. The number of ether oxygens (including phenoxy) is 1. The summed E-state index contributed by atoms with van der Waals surface area (Å²) in [7, 11) is 0. The van der Waals surface area contributed by atoms with Crippen LogP contribution in [0.5, 0.6) is 0 Å². The van der Waals surface area contributed by atoms with E-state index in [1.807, 2.05) is 44.2 Å². The Morgan fingerprint density at radius 3 is 2.79 bits per heavy atom. The monoisotopic (exact) mass is 379 g/mol. The fraction of sp³-hybridized carbons (Fsp3) is 0.350. The standard InChI is InChI=1S/C20H21N5O3/c1-12-11-13(2)25-20(21-12)22-17(23-25)19(27)28-14(3)18(26)24-10-6-8-15-7-4-5-9-16(15)24/h4-5,7,9,11,14H,6,8,10H2,1-3H3/t14-/m0/s1. The summed E-state index contributed by atoms with van der Waals surface area (Å²) in [6.45, 7) is 5.87. The van der Waals surface area contributed by atoms with Crippen LogP contribution in [0.15, 0.2) is 30.3 Å². The summed E-state index contributed by atoms with van der Waals surface area (Å²) in [5.74, 6) is -0.781. The largest absolute Gasteiger partial charge is 0.447 e. The molecule has 0 saturated heterocycles.